The van der Waals surface area contributed by atoms with Crippen molar-refractivity contribution in [2.45, 2.75) is 32.1 Å². The van der Waals surface area contributed by atoms with Gasteiger partial charge in [0, 0.05) is 47.8 Å². The van der Waals surface area contributed by atoms with Crippen molar-refractivity contribution in [3.8, 4) is 0 Å². The molecule has 0 radical (unpaired) electrons. The van der Waals surface area contributed by atoms with E-state index in [1.807, 2.05) is 0 Å². The van der Waals surface area contributed by atoms with Crippen LogP contribution >= 0.6 is 13.2 Å². The van der Waals surface area contributed by atoms with Gasteiger partial charge in [0.05, 0.1) is 6.61 Å². The van der Waals surface area contributed by atoms with Gasteiger partial charge in [0.1, 0.15) is 0 Å². The van der Waals surface area contributed by atoms with E-state index >= 15 is 0 Å². The lowest BCUT2D eigenvalue weighted by Crippen LogP contribution is -1.97. The molecule has 0 aromatic rings. The largest absolute Gasteiger partial charge is 0.396 e. The van der Waals surface area contributed by atoms with Crippen LogP contribution in [0.4, 0.5) is 0 Å². The first kappa shape index (κ1) is 27.2. The minimum Gasteiger partial charge on any atom is -0.396 e. The Hall–Kier alpha value is 1.02. The van der Waals surface area contributed by atoms with Gasteiger partial charge in [-0.2, -0.15) is 0 Å². The molecule has 0 rings (SSSR count). The van der Waals surface area contributed by atoms with Crippen molar-refractivity contribution in [2.75, 3.05) is 54.4 Å². The fourth-order valence-corrected chi connectivity index (χ4v) is 3.87. The first-order chi connectivity index (χ1) is 11.4. The number of aliphatic hydroxyl groups excluding tert-OH is 2. The average Bonchev–Trinajstić information content (AvgIpc) is 2.62. The molecule has 0 aliphatic carbocycles. The Morgan fingerprint density at radius 1 is 0.708 bits per heavy atom. The molecule has 0 unspecified atom stereocenters. The molecular formula is C13H32O7P2S2. The van der Waals surface area contributed by atoms with Crippen LogP contribution in [-0.4, -0.2) is 64.6 Å². The molecule has 0 aromatic heterocycles. The highest BCUT2D eigenvalue weighted by atomic mass is 32.5. The van der Waals surface area contributed by atoms with Gasteiger partial charge in [-0.05, 0) is 49.3 Å². The van der Waals surface area contributed by atoms with E-state index in [9.17, 15) is 0 Å². The smallest absolute Gasteiger partial charge is 0.326 e. The van der Waals surface area contributed by atoms with Crippen molar-refractivity contribution in [1.82, 2.24) is 0 Å². The lowest BCUT2D eigenvalue weighted by atomic mass is 10.3. The summed E-state index contributed by atoms with van der Waals surface area (Å²) in [6.45, 7) is -3.54. The van der Waals surface area contributed by atoms with E-state index in [1.54, 1.807) is 14.2 Å². The van der Waals surface area contributed by atoms with Gasteiger partial charge in [-0.1, -0.05) is 6.42 Å². The van der Waals surface area contributed by atoms with Crippen LogP contribution in [0.25, 0.3) is 0 Å². The van der Waals surface area contributed by atoms with Crippen LogP contribution in [0.2, 0.25) is 0 Å². The number of hydrogen-bond acceptors (Lipinski definition) is 9. The van der Waals surface area contributed by atoms with Crippen molar-refractivity contribution in [3.05, 3.63) is 0 Å². The minimum absolute atomic E-state index is 0.173. The van der Waals surface area contributed by atoms with E-state index in [-0.39, 0.29) is 13.2 Å². The predicted octanol–water partition coefficient (Wildman–Crippen LogP) is 3.04. The molecule has 0 aromatic carbocycles. The summed E-state index contributed by atoms with van der Waals surface area (Å²) < 4.78 is 25.2. The lowest BCUT2D eigenvalue weighted by Gasteiger charge is -2.16. The van der Waals surface area contributed by atoms with Gasteiger partial charge in [-0.3, -0.25) is 0 Å². The zero-order valence-electron chi connectivity index (χ0n) is 15.0. The van der Waals surface area contributed by atoms with Gasteiger partial charge >= 0.3 is 6.72 Å². The van der Waals surface area contributed by atoms with E-state index in [2.05, 4.69) is 0 Å². The number of hydrogen-bond donors (Lipinski definition) is 2. The Balaban J connectivity index is 0. The monoisotopic (exact) mass is 426 g/mol. The molecule has 0 bridgehead atoms. The predicted molar refractivity (Wildman–Crippen MR) is 105 cm³/mol. The molecule has 0 aliphatic rings. The van der Waals surface area contributed by atoms with Crippen LogP contribution in [0, 0.1) is 0 Å². The molecule has 11 heteroatoms. The zero-order chi connectivity index (χ0) is 18.9. The highest BCUT2D eigenvalue weighted by molar-refractivity contribution is 8.09. The molecule has 0 saturated heterocycles. The second kappa shape index (κ2) is 17.4. The maximum absolute atomic E-state index is 8.53. The fourth-order valence-electron chi connectivity index (χ4n) is 1.42. The summed E-state index contributed by atoms with van der Waals surface area (Å²) in [5, 5.41) is 17.0. The average molecular weight is 426 g/mol. The third-order valence-electron chi connectivity index (χ3n) is 2.90. The summed E-state index contributed by atoms with van der Waals surface area (Å²) in [6, 6.07) is 0. The minimum atomic E-state index is -2.47. The first-order valence-electron chi connectivity index (χ1n) is 7.65. The highest BCUT2D eigenvalue weighted by Gasteiger charge is 2.15. The number of unbranched alkanes of at least 4 members (excludes halogenated alkanes) is 3. The Morgan fingerprint density at radius 3 is 1.62 bits per heavy atom. The van der Waals surface area contributed by atoms with Crippen molar-refractivity contribution in [1.29, 1.82) is 0 Å². The summed E-state index contributed by atoms with van der Waals surface area (Å²) in [7, 11) is 6.12. The first-order valence-corrected chi connectivity index (χ1v) is 13.0. The molecule has 0 heterocycles. The summed E-state index contributed by atoms with van der Waals surface area (Å²) in [4.78, 5) is 0. The van der Waals surface area contributed by atoms with Crippen molar-refractivity contribution in [2.24, 2.45) is 0 Å². The molecular weight excluding hydrogens is 394 g/mol. The normalized spacial score (nSPS) is 11.9. The Morgan fingerprint density at radius 2 is 1.21 bits per heavy atom. The van der Waals surface area contributed by atoms with E-state index in [0.29, 0.717) is 13.0 Å². The SMILES string of the molecule is COP(=S)(CCCCCO)OC.COP(=S)(OC)OCCCCO. The van der Waals surface area contributed by atoms with Crippen molar-refractivity contribution in [3.63, 3.8) is 0 Å². The molecule has 0 amide bonds. The van der Waals surface area contributed by atoms with Gasteiger partial charge in [0.2, 0.25) is 0 Å². The van der Waals surface area contributed by atoms with Gasteiger partial charge in [0.15, 0.2) is 6.49 Å². The number of aliphatic hydroxyl groups is 2. The second-order valence-electron chi connectivity index (χ2n) is 4.56. The van der Waals surface area contributed by atoms with E-state index in [4.69, 9.17) is 56.4 Å². The van der Waals surface area contributed by atoms with Crippen LogP contribution in [0.1, 0.15) is 32.1 Å². The zero-order valence-corrected chi connectivity index (χ0v) is 18.4. The van der Waals surface area contributed by atoms with Gasteiger partial charge in [-0.25, -0.2) is 0 Å². The molecule has 0 aliphatic heterocycles. The van der Waals surface area contributed by atoms with E-state index in [0.717, 1.165) is 31.8 Å². The fraction of sp³-hybridized carbons (Fsp3) is 1.00. The van der Waals surface area contributed by atoms with E-state index in [1.165, 1.54) is 14.2 Å². The second-order valence-corrected chi connectivity index (χ2v) is 11.9. The van der Waals surface area contributed by atoms with Gasteiger partial charge in [-0.15, -0.1) is 0 Å². The van der Waals surface area contributed by atoms with Crippen molar-refractivity contribution < 1.29 is 32.8 Å². The summed E-state index contributed by atoms with van der Waals surface area (Å²) in [5.74, 6) is 0. The molecule has 0 fully saturated rings. The molecule has 0 atom stereocenters. The third-order valence-corrected chi connectivity index (χ3v) is 8.92. The molecule has 0 saturated carbocycles. The van der Waals surface area contributed by atoms with Gasteiger partial charge < -0.3 is 32.8 Å². The summed E-state index contributed by atoms with van der Waals surface area (Å²) >= 11 is 10.1. The van der Waals surface area contributed by atoms with Crippen LogP contribution in [0.3, 0.4) is 0 Å². The number of rotatable bonds is 14. The topological polar surface area (TPSA) is 86.6 Å². The molecule has 7 nitrogen and oxygen atoms in total. The Kier molecular flexibility index (Phi) is 19.8. The molecule has 24 heavy (non-hydrogen) atoms. The standard InChI is InChI=1S/C7H17O3PS.C6H15O4PS/c1-9-11(12,10-2)7-5-3-4-6-8;1-8-11(12,9-2)10-6-4-3-5-7/h8H,3-7H2,1-2H3;7H,3-6H2,1-2H3. The van der Waals surface area contributed by atoms with Crippen LogP contribution in [0.15, 0.2) is 0 Å². The molecule has 0 spiro atoms. The van der Waals surface area contributed by atoms with Gasteiger partial charge in [0.25, 0.3) is 0 Å². The van der Waals surface area contributed by atoms with Crippen LogP contribution in [-0.2, 0) is 46.2 Å². The maximum atomic E-state index is 8.53. The Bertz CT molecular complexity index is 322. The molecule has 2 N–H and O–H groups in total. The quantitative estimate of drug-likeness (QED) is 0.321. The summed E-state index contributed by atoms with van der Waals surface area (Å²) in [6.07, 6.45) is 5.07. The van der Waals surface area contributed by atoms with Crippen LogP contribution < -0.4 is 0 Å². The highest BCUT2D eigenvalue weighted by Crippen LogP contribution is 2.48. The lowest BCUT2D eigenvalue weighted by molar-refractivity contribution is 0.192. The van der Waals surface area contributed by atoms with Crippen LogP contribution in [0.5, 0.6) is 0 Å². The summed E-state index contributed by atoms with van der Waals surface area (Å²) in [5.41, 5.74) is 0. The van der Waals surface area contributed by atoms with Crippen molar-refractivity contribution >= 4 is 36.8 Å². The van der Waals surface area contributed by atoms with E-state index < -0.39 is 13.2 Å². The third kappa shape index (κ3) is 15.3. The Labute approximate surface area is 156 Å². The maximum Gasteiger partial charge on any atom is 0.326 e. The molecule has 148 valence electrons.